The summed E-state index contributed by atoms with van der Waals surface area (Å²) in [4.78, 5) is 29.8. The normalized spacial score (nSPS) is 21.7. The fraction of sp³-hybridized carbons (Fsp3) is 0.667. The van der Waals surface area contributed by atoms with E-state index < -0.39 is 0 Å². The molecule has 0 atom stereocenters. The Hall–Kier alpha value is -1.92. The van der Waals surface area contributed by atoms with E-state index in [4.69, 9.17) is 0 Å². The van der Waals surface area contributed by atoms with Gasteiger partial charge < -0.3 is 10.2 Å². The number of amides is 2. The van der Waals surface area contributed by atoms with Crippen molar-refractivity contribution in [3.05, 3.63) is 12.2 Å². The van der Waals surface area contributed by atoms with Gasteiger partial charge in [-0.2, -0.15) is 0 Å². The topological polar surface area (TPSA) is 80.1 Å². The Labute approximate surface area is 111 Å². The number of aromatic nitrogens is 3. The van der Waals surface area contributed by atoms with Gasteiger partial charge in [0.25, 0.3) is 5.91 Å². The summed E-state index contributed by atoms with van der Waals surface area (Å²) in [5.41, 5.74) is -0.242. The van der Waals surface area contributed by atoms with Crippen LogP contribution in [-0.4, -0.2) is 51.1 Å². The van der Waals surface area contributed by atoms with E-state index in [1.54, 1.807) is 11.9 Å². The zero-order valence-corrected chi connectivity index (χ0v) is 10.9. The largest absolute Gasteiger partial charge is 0.356 e. The second kappa shape index (κ2) is 4.32. The highest BCUT2D eigenvalue weighted by Crippen LogP contribution is 2.38. The number of aryl methyl sites for hydroxylation is 1. The zero-order valence-electron chi connectivity index (χ0n) is 10.9. The summed E-state index contributed by atoms with van der Waals surface area (Å²) in [5, 5.41) is 6.91. The van der Waals surface area contributed by atoms with Crippen LogP contribution in [0.2, 0.25) is 0 Å². The Bertz CT molecular complexity index is 516. The molecular weight excluding hydrogens is 246 g/mol. The van der Waals surface area contributed by atoms with Gasteiger partial charge in [-0.15, -0.1) is 5.10 Å². The van der Waals surface area contributed by atoms with E-state index in [0.717, 1.165) is 25.8 Å². The number of piperidine rings is 1. The fourth-order valence-corrected chi connectivity index (χ4v) is 2.91. The van der Waals surface area contributed by atoms with Crippen molar-refractivity contribution in [3.63, 3.8) is 0 Å². The molecule has 0 aliphatic carbocycles. The third-order valence-electron chi connectivity index (χ3n) is 4.17. The van der Waals surface area contributed by atoms with E-state index in [-0.39, 0.29) is 23.1 Å². The van der Waals surface area contributed by atoms with Gasteiger partial charge in [0, 0.05) is 26.7 Å². The molecule has 7 heteroatoms. The molecule has 1 N–H and O–H groups in total. The van der Waals surface area contributed by atoms with Crippen LogP contribution in [0.3, 0.4) is 0 Å². The van der Waals surface area contributed by atoms with Crippen molar-refractivity contribution >= 4 is 11.8 Å². The van der Waals surface area contributed by atoms with Crippen LogP contribution < -0.4 is 5.32 Å². The minimum Gasteiger partial charge on any atom is -0.356 e. The lowest BCUT2D eigenvalue weighted by Crippen LogP contribution is -2.46. The smallest absolute Gasteiger partial charge is 0.293 e. The lowest BCUT2D eigenvalue weighted by molar-refractivity contribution is -0.129. The molecule has 2 aliphatic rings. The van der Waals surface area contributed by atoms with Gasteiger partial charge in [-0.1, -0.05) is 0 Å². The summed E-state index contributed by atoms with van der Waals surface area (Å²) in [6, 6.07) is 0. The van der Waals surface area contributed by atoms with Crippen molar-refractivity contribution in [2.24, 2.45) is 12.5 Å². The lowest BCUT2D eigenvalue weighted by atomic mass is 9.77. The number of carbonyl (C=O) groups is 2. The minimum absolute atomic E-state index is 0.145. The maximum atomic E-state index is 12.2. The second-order valence-corrected chi connectivity index (χ2v) is 5.32. The molecule has 2 fully saturated rings. The summed E-state index contributed by atoms with van der Waals surface area (Å²) in [6.07, 6.45) is 3.87. The van der Waals surface area contributed by atoms with Gasteiger partial charge in [-0.05, 0) is 19.3 Å². The van der Waals surface area contributed by atoms with E-state index >= 15 is 0 Å². The molecule has 7 nitrogen and oxygen atoms in total. The molecule has 3 rings (SSSR count). The van der Waals surface area contributed by atoms with E-state index in [1.165, 1.54) is 11.0 Å². The third-order valence-corrected chi connectivity index (χ3v) is 4.17. The minimum atomic E-state index is -0.242. The van der Waals surface area contributed by atoms with E-state index in [1.807, 2.05) is 0 Å². The van der Waals surface area contributed by atoms with Crippen molar-refractivity contribution < 1.29 is 9.59 Å². The van der Waals surface area contributed by atoms with Crippen molar-refractivity contribution in [2.75, 3.05) is 19.6 Å². The van der Waals surface area contributed by atoms with Crippen LogP contribution in [0.15, 0.2) is 6.33 Å². The molecule has 0 bridgehead atoms. The maximum Gasteiger partial charge on any atom is 0.293 e. The molecule has 3 heterocycles. The molecule has 1 aromatic heterocycles. The highest BCUT2D eigenvalue weighted by molar-refractivity contribution is 5.91. The number of nitrogens with zero attached hydrogens (tertiary/aromatic N) is 4. The third kappa shape index (κ3) is 1.98. The van der Waals surface area contributed by atoms with Crippen LogP contribution in [0, 0.1) is 5.41 Å². The van der Waals surface area contributed by atoms with Gasteiger partial charge in [0.2, 0.25) is 11.7 Å². The Balaban J connectivity index is 1.67. The summed E-state index contributed by atoms with van der Waals surface area (Å²) < 4.78 is 1.52. The number of rotatable bonds is 1. The van der Waals surface area contributed by atoms with Gasteiger partial charge in [0.15, 0.2) is 0 Å². The molecule has 0 aromatic carbocycles. The van der Waals surface area contributed by atoms with Crippen LogP contribution >= 0.6 is 0 Å². The first-order chi connectivity index (χ1) is 9.11. The molecule has 1 spiro atoms. The maximum absolute atomic E-state index is 12.2. The van der Waals surface area contributed by atoms with Crippen molar-refractivity contribution in [2.45, 2.75) is 19.3 Å². The van der Waals surface area contributed by atoms with Gasteiger partial charge in [0.05, 0.1) is 5.41 Å². The molecule has 2 saturated heterocycles. The monoisotopic (exact) mass is 263 g/mol. The van der Waals surface area contributed by atoms with Gasteiger partial charge in [-0.25, -0.2) is 4.98 Å². The van der Waals surface area contributed by atoms with Gasteiger partial charge in [0.1, 0.15) is 6.33 Å². The van der Waals surface area contributed by atoms with Crippen molar-refractivity contribution in [1.82, 2.24) is 25.0 Å². The van der Waals surface area contributed by atoms with Crippen LogP contribution in [0.4, 0.5) is 0 Å². The Morgan fingerprint density at radius 2 is 2.11 bits per heavy atom. The Kier molecular flexibility index (Phi) is 2.76. The molecule has 0 saturated carbocycles. The molecule has 19 heavy (non-hydrogen) atoms. The average Bonchev–Trinajstić information content (AvgIpc) is 2.98. The Morgan fingerprint density at radius 1 is 1.37 bits per heavy atom. The van der Waals surface area contributed by atoms with E-state index in [2.05, 4.69) is 15.4 Å². The quantitative estimate of drug-likeness (QED) is 0.744. The number of nitrogens with one attached hydrogen (secondary N) is 1. The highest BCUT2D eigenvalue weighted by atomic mass is 16.2. The predicted molar refractivity (Wildman–Crippen MR) is 66.2 cm³/mol. The number of hydrogen-bond acceptors (Lipinski definition) is 4. The van der Waals surface area contributed by atoms with Crippen LogP contribution in [0.25, 0.3) is 0 Å². The molecule has 2 aliphatic heterocycles. The average molecular weight is 263 g/mol. The molecule has 1 aromatic rings. The molecule has 0 radical (unpaired) electrons. The van der Waals surface area contributed by atoms with Crippen LogP contribution in [0.1, 0.15) is 29.9 Å². The standard InChI is InChI=1S/C12H17N5O2/c1-16-8-14-9(15-16)10(18)17-6-3-12(4-7-17)2-5-13-11(12)19/h8H,2-7H2,1H3,(H,13,19). The van der Waals surface area contributed by atoms with E-state index in [0.29, 0.717) is 13.1 Å². The molecule has 0 unspecified atom stereocenters. The van der Waals surface area contributed by atoms with Crippen molar-refractivity contribution in [3.8, 4) is 0 Å². The zero-order chi connectivity index (χ0) is 13.5. The summed E-state index contributed by atoms with van der Waals surface area (Å²) in [6.45, 7) is 1.96. The SMILES string of the molecule is Cn1cnc(C(=O)N2CCC3(CCNC3=O)CC2)n1. The molecule has 2 amide bonds. The first-order valence-electron chi connectivity index (χ1n) is 6.54. The summed E-state index contributed by atoms with van der Waals surface area (Å²) in [7, 11) is 1.73. The molecule has 102 valence electrons. The van der Waals surface area contributed by atoms with Crippen molar-refractivity contribution in [1.29, 1.82) is 0 Å². The van der Waals surface area contributed by atoms with Crippen LogP contribution in [-0.2, 0) is 11.8 Å². The number of likely N-dealkylation sites (tertiary alicyclic amines) is 1. The summed E-state index contributed by atoms with van der Waals surface area (Å²) in [5.74, 6) is 0.235. The second-order valence-electron chi connectivity index (χ2n) is 5.32. The van der Waals surface area contributed by atoms with E-state index in [9.17, 15) is 9.59 Å². The summed E-state index contributed by atoms with van der Waals surface area (Å²) >= 11 is 0. The Morgan fingerprint density at radius 3 is 2.63 bits per heavy atom. The van der Waals surface area contributed by atoms with Gasteiger partial charge >= 0.3 is 0 Å². The highest BCUT2D eigenvalue weighted by Gasteiger charge is 2.45. The number of hydrogen-bond donors (Lipinski definition) is 1. The first kappa shape index (κ1) is 12.1. The predicted octanol–water partition coefficient (Wildman–Crippen LogP) is -0.443. The fourth-order valence-electron chi connectivity index (χ4n) is 2.91. The van der Waals surface area contributed by atoms with Gasteiger partial charge in [-0.3, -0.25) is 14.3 Å². The first-order valence-corrected chi connectivity index (χ1v) is 6.54. The van der Waals surface area contributed by atoms with Crippen LogP contribution in [0.5, 0.6) is 0 Å². The lowest BCUT2D eigenvalue weighted by Gasteiger charge is -2.36. The molecular formula is C12H17N5O2. The number of carbonyl (C=O) groups excluding carboxylic acids is 2.